The molecule has 1 saturated carbocycles. The van der Waals surface area contributed by atoms with Crippen LogP contribution in [0.2, 0.25) is 0 Å². The molecule has 0 radical (unpaired) electrons. The van der Waals surface area contributed by atoms with Crippen molar-refractivity contribution in [2.45, 2.75) is 45.3 Å². The van der Waals surface area contributed by atoms with Gasteiger partial charge in [0.25, 0.3) is 0 Å². The average Bonchev–Trinajstić information content (AvgIpc) is 3.12. The molecule has 2 heterocycles. The van der Waals surface area contributed by atoms with E-state index in [0.29, 0.717) is 6.04 Å². The lowest BCUT2D eigenvalue weighted by molar-refractivity contribution is -0.177. The summed E-state index contributed by atoms with van der Waals surface area (Å²) in [6.07, 6.45) is 2.25. The van der Waals surface area contributed by atoms with Crippen LogP contribution in [-0.4, -0.2) is 87.5 Å². The minimum Gasteiger partial charge on any atom is -0.381 e. The summed E-state index contributed by atoms with van der Waals surface area (Å²) >= 11 is 0. The van der Waals surface area contributed by atoms with E-state index in [1.807, 2.05) is 14.2 Å². The predicted octanol–water partition coefficient (Wildman–Crippen LogP) is 2.04. The van der Waals surface area contributed by atoms with Gasteiger partial charge in [-0.15, -0.1) is 24.0 Å². The van der Waals surface area contributed by atoms with Crippen LogP contribution in [0.3, 0.4) is 0 Å². The van der Waals surface area contributed by atoms with Crippen LogP contribution in [0.1, 0.15) is 33.6 Å². The molecule has 152 valence electrons. The zero-order valence-electron chi connectivity index (χ0n) is 17.1. The maximum Gasteiger partial charge on any atom is 0.193 e. The predicted molar refractivity (Wildman–Crippen MR) is 116 cm³/mol. The molecule has 3 aliphatic rings. The van der Waals surface area contributed by atoms with E-state index < -0.39 is 0 Å². The lowest BCUT2D eigenvalue weighted by Crippen LogP contribution is -2.70. The molecule has 0 aromatic rings. The van der Waals surface area contributed by atoms with Gasteiger partial charge in [0, 0.05) is 64.9 Å². The van der Waals surface area contributed by atoms with E-state index in [4.69, 9.17) is 9.47 Å². The summed E-state index contributed by atoms with van der Waals surface area (Å²) in [4.78, 5) is 9.54. The molecular weight excluding hydrogens is 443 g/mol. The molecule has 0 aromatic carbocycles. The Labute approximate surface area is 176 Å². The molecule has 6 nitrogen and oxygen atoms in total. The fraction of sp³-hybridized carbons (Fsp3) is 0.947. The number of ether oxygens (including phenoxy) is 2. The number of hydrogen-bond acceptors (Lipinski definition) is 4. The van der Waals surface area contributed by atoms with Crippen LogP contribution in [0.5, 0.6) is 0 Å². The lowest BCUT2D eigenvalue weighted by Gasteiger charge is -2.59. The van der Waals surface area contributed by atoms with Gasteiger partial charge < -0.3 is 19.7 Å². The first-order chi connectivity index (χ1) is 11.9. The first-order valence-corrected chi connectivity index (χ1v) is 9.73. The summed E-state index contributed by atoms with van der Waals surface area (Å²) in [7, 11) is 3.72. The van der Waals surface area contributed by atoms with E-state index in [1.54, 1.807) is 0 Å². The Morgan fingerprint density at radius 3 is 2.42 bits per heavy atom. The van der Waals surface area contributed by atoms with Crippen LogP contribution in [0, 0.1) is 11.3 Å². The number of rotatable bonds is 4. The van der Waals surface area contributed by atoms with Gasteiger partial charge in [-0.25, -0.2) is 0 Å². The average molecular weight is 480 g/mol. The maximum absolute atomic E-state index is 5.75. The summed E-state index contributed by atoms with van der Waals surface area (Å²) in [6.45, 7) is 14.2. The molecule has 0 amide bonds. The van der Waals surface area contributed by atoms with Gasteiger partial charge in [0.15, 0.2) is 5.96 Å². The van der Waals surface area contributed by atoms with Crippen molar-refractivity contribution in [1.82, 2.24) is 15.1 Å². The van der Waals surface area contributed by atoms with E-state index in [2.05, 4.69) is 40.9 Å². The molecule has 0 aromatic heterocycles. The first kappa shape index (κ1) is 22.2. The monoisotopic (exact) mass is 480 g/mol. The number of halogens is 1. The second kappa shape index (κ2) is 8.92. The van der Waals surface area contributed by atoms with Gasteiger partial charge in [-0.3, -0.25) is 9.89 Å². The molecule has 3 rings (SSSR count). The number of nitrogens with zero attached hydrogens (tertiary/aromatic N) is 3. The van der Waals surface area contributed by atoms with Gasteiger partial charge in [-0.1, -0.05) is 13.8 Å². The highest BCUT2D eigenvalue weighted by Crippen LogP contribution is 2.51. The molecule has 1 aliphatic carbocycles. The van der Waals surface area contributed by atoms with Crippen LogP contribution in [0.15, 0.2) is 4.99 Å². The third-order valence-corrected chi connectivity index (χ3v) is 7.01. The summed E-state index contributed by atoms with van der Waals surface area (Å²) in [5.41, 5.74) is 0.0492. The second-order valence-corrected chi connectivity index (χ2v) is 8.62. The van der Waals surface area contributed by atoms with Gasteiger partial charge in [-0.05, 0) is 25.7 Å². The number of methoxy groups -OCH3 is 1. The Kier molecular flexibility index (Phi) is 7.61. The van der Waals surface area contributed by atoms with Gasteiger partial charge in [-0.2, -0.15) is 0 Å². The van der Waals surface area contributed by atoms with Gasteiger partial charge >= 0.3 is 0 Å². The van der Waals surface area contributed by atoms with E-state index in [0.717, 1.165) is 57.7 Å². The van der Waals surface area contributed by atoms with Crippen molar-refractivity contribution in [3.05, 3.63) is 0 Å². The highest BCUT2D eigenvalue weighted by atomic mass is 127. The molecule has 2 saturated heterocycles. The van der Waals surface area contributed by atoms with Crippen molar-refractivity contribution in [1.29, 1.82) is 0 Å². The Bertz CT molecular complexity index is 488. The fourth-order valence-corrected chi connectivity index (χ4v) is 4.41. The van der Waals surface area contributed by atoms with Crippen LogP contribution >= 0.6 is 24.0 Å². The van der Waals surface area contributed by atoms with Gasteiger partial charge in [0.2, 0.25) is 0 Å². The van der Waals surface area contributed by atoms with Gasteiger partial charge in [0.05, 0.1) is 12.2 Å². The normalized spacial score (nSPS) is 35.0. The second-order valence-electron chi connectivity index (χ2n) is 8.62. The molecule has 3 fully saturated rings. The molecule has 7 heteroatoms. The maximum atomic E-state index is 5.75. The van der Waals surface area contributed by atoms with Crippen molar-refractivity contribution < 1.29 is 9.47 Å². The van der Waals surface area contributed by atoms with Crippen molar-refractivity contribution in [3.63, 3.8) is 0 Å². The van der Waals surface area contributed by atoms with E-state index in [1.165, 1.54) is 13.0 Å². The van der Waals surface area contributed by atoms with Crippen LogP contribution in [-0.2, 0) is 9.47 Å². The lowest BCUT2D eigenvalue weighted by atomic mass is 9.56. The van der Waals surface area contributed by atoms with Crippen LogP contribution < -0.4 is 5.32 Å². The standard InChI is InChI=1S/C19H36N4O2.HI/c1-18(2)16(12-19(18,3)24-5)21-17(20-4)23-9-7-22(8-10-23)13-15-6-11-25-14-15;/h15-16H,6-14H2,1-5H3,(H,20,21);1H. The highest BCUT2D eigenvalue weighted by Gasteiger charge is 2.58. The molecule has 3 unspecified atom stereocenters. The van der Waals surface area contributed by atoms with E-state index >= 15 is 0 Å². The number of nitrogens with one attached hydrogen (secondary N) is 1. The quantitative estimate of drug-likeness (QED) is 0.379. The Morgan fingerprint density at radius 1 is 1.23 bits per heavy atom. The Hall–Kier alpha value is -0.120. The number of hydrogen-bond donors (Lipinski definition) is 1. The van der Waals surface area contributed by atoms with Crippen molar-refractivity contribution >= 4 is 29.9 Å². The topological polar surface area (TPSA) is 49.3 Å². The molecule has 0 spiro atoms. The first-order valence-electron chi connectivity index (χ1n) is 9.73. The Balaban J connectivity index is 0.00000243. The number of guanidine groups is 1. The molecule has 1 N–H and O–H groups in total. The van der Waals surface area contributed by atoms with Crippen molar-refractivity contribution in [2.75, 3.05) is 60.1 Å². The summed E-state index contributed by atoms with van der Waals surface area (Å²) < 4.78 is 11.3. The minimum atomic E-state index is -0.0500. The highest BCUT2D eigenvalue weighted by molar-refractivity contribution is 14.0. The summed E-state index contributed by atoms with van der Waals surface area (Å²) in [6, 6.07) is 0.407. The minimum absolute atomic E-state index is 0. The van der Waals surface area contributed by atoms with Crippen molar-refractivity contribution in [3.8, 4) is 0 Å². The zero-order valence-corrected chi connectivity index (χ0v) is 19.4. The summed E-state index contributed by atoms with van der Waals surface area (Å²) in [5, 5.41) is 3.70. The van der Waals surface area contributed by atoms with E-state index in [-0.39, 0.29) is 35.0 Å². The molecular formula is C19H37IN4O2. The van der Waals surface area contributed by atoms with Gasteiger partial charge in [0.1, 0.15) is 0 Å². The van der Waals surface area contributed by atoms with E-state index in [9.17, 15) is 0 Å². The number of piperazine rings is 1. The molecule has 26 heavy (non-hydrogen) atoms. The van der Waals surface area contributed by atoms with Crippen LogP contribution in [0.4, 0.5) is 0 Å². The third kappa shape index (κ3) is 4.31. The smallest absolute Gasteiger partial charge is 0.193 e. The van der Waals surface area contributed by atoms with Crippen LogP contribution in [0.25, 0.3) is 0 Å². The van der Waals surface area contributed by atoms with Crippen molar-refractivity contribution in [2.24, 2.45) is 16.3 Å². The largest absolute Gasteiger partial charge is 0.381 e. The Morgan fingerprint density at radius 2 is 1.92 bits per heavy atom. The SMILES string of the molecule is CN=C(NC1CC(C)(OC)C1(C)C)N1CCN(CC2CCOC2)CC1.I. The fourth-order valence-electron chi connectivity index (χ4n) is 4.41. The molecule has 0 bridgehead atoms. The zero-order chi connectivity index (χ0) is 18.1. The molecule has 3 atom stereocenters. The number of aliphatic imine (C=N–C) groups is 1. The molecule has 2 aliphatic heterocycles. The summed E-state index contributed by atoms with van der Waals surface area (Å²) in [5.74, 6) is 1.77. The third-order valence-electron chi connectivity index (χ3n) is 7.01.